The van der Waals surface area contributed by atoms with Crippen LogP contribution in [0.5, 0.6) is 5.75 Å². The van der Waals surface area contributed by atoms with E-state index in [1.54, 1.807) is 7.11 Å². The lowest BCUT2D eigenvalue weighted by atomic mass is 10.1. The maximum atomic E-state index is 5.26. The first kappa shape index (κ1) is 14.4. The molecule has 0 saturated carbocycles. The molecule has 0 heterocycles. The molecule has 2 nitrogen and oxygen atoms in total. The SMILES string of the molecule is CCC(CSC)NCc1ccc(OC)c(C)c1. The molecule has 1 aromatic carbocycles. The quantitative estimate of drug-likeness (QED) is 0.806. The number of methoxy groups -OCH3 is 1. The minimum absolute atomic E-state index is 0.604. The van der Waals surface area contributed by atoms with Crippen LogP contribution in [-0.4, -0.2) is 25.2 Å². The zero-order valence-corrected chi connectivity index (χ0v) is 12.1. The Morgan fingerprint density at radius 3 is 2.71 bits per heavy atom. The summed E-state index contributed by atoms with van der Waals surface area (Å²) in [6, 6.07) is 6.97. The Balaban J connectivity index is 2.54. The summed E-state index contributed by atoms with van der Waals surface area (Å²) in [6.07, 6.45) is 3.33. The van der Waals surface area contributed by atoms with Crippen molar-refractivity contribution in [2.45, 2.75) is 32.9 Å². The van der Waals surface area contributed by atoms with Gasteiger partial charge in [-0.15, -0.1) is 0 Å². The standard InChI is InChI=1S/C14H23NOS/c1-5-13(10-17-4)15-9-12-6-7-14(16-3)11(2)8-12/h6-8,13,15H,5,9-10H2,1-4H3. The maximum Gasteiger partial charge on any atom is 0.121 e. The molecule has 0 aliphatic heterocycles. The van der Waals surface area contributed by atoms with Gasteiger partial charge in [0, 0.05) is 18.3 Å². The maximum absolute atomic E-state index is 5.26. The first-order valence-electron chi connectivity index (χ1n) is 6.07. The van der Waals surface area contributed by atoms with Crippen molar-refractivity contribution in [1.29, 1.82) is 0 Å². The molecule has 17 heavy (non-hydrogen) atoms. The van der Waals surface area contributed by atoms with Crippen LogP contribution in [0.2, 0.25) is 0 Å². The largest absolute Gasteiger partial charge is 0.496 e. The predicted molar refractivity (Wildman–Crippen MR) is 77.0 cm³/mol. The molecule has 0 aromatic heterocycles. The van der Waals surface area contributed by atoms with Crippen molar-refractivity contribution in [1.82, 2.24) is 5.32 Å². The molecule has 0 spiro atoms. The highest BCUT2D eigenvalue weighted by Gasteiger charge is 2.05. The summed E-state index contributed by atoms with van der Waals surface area (Å²) >= 11 is 1.90. The second kappa shape index (κ2) is 7.62. The Labute approximate surface area is 109 Å². The van der Waals surface area contributed by atoms with Crippen LogP contribution >= 0.6 is 11.8 Å². The molecular weight excluding hydrogens is 230 g/mol. The molecule has 0 amide bonds. The third-order valence-electron chi connectivity index (χ3n) is 2.91. The van der Waals surface area contributed by atoms with Crippen LogP contribution in [0.25, 0.3) is 0 Å². The second-order valence-corrected chi connectivity index (χ2v) is 5.16. The van der Waals surface area contributed by atoms with E-state index in [4.69, 9.17) is 4.74 Å². The Hall–Kier alpha value is -0.670. The molecule has 0 aliphatic rings. The van der Waals surface area contributed by atoms with Crippen molar-refractivity contribution in [3.8, 4) is 5.75 Å². The van der Waals surface area contributed by atoms with Crippen molar-refractivity contribution < 1.29 is 4.74 Å². The summed E-state index contributed by atoms with van der Waals surface area (Å²) in [5.74, 6) is 2.14. The van der Waals surface area contributed by atoms with Crippen LogP contribution in [0.1, 0.15) is 24.5 Å². The van der Waals surface area contributed by atoms with Gasteiger partial charge in [-0.1, -0.05) is 19.1 Å². The fourth-order valence-corrected chi connectivity index (χ4v) is 2.59. The normalized spacial score (nSPS) is 12.5. The molecule has 0 bridgehead atoms. The molecule has 1 rings (SSSR count). The van der Waals surface area contributed by atoms with Gasteiger partial charge in [0.1, 0.15) is 5.75 Å². The van der Waals surface area contributed by atoms with Gasteiger partial charge in [0.2, 0.25) is 0 Å². The zero-order chi connectivity index (χ0) is 12.7. The van der Waals surface area contributed by atoms with Gasteiger partial charge >= 0.3 is 0 Å². The summed E-state index contributed by atoms with van der Waals surface area (Å²) < 4.78 is 5.26. The third kappa shape index (κ3) is 4.60. The van der Waals surface area contributed by atoms with Crippen LogP contribution < -0.4 is 10.1 Å². The highest BCUT2D eigenvalue weighted by atomic mass is 32.2. The highest BCUT2D eigenvalue weighted by Crippen LogP contribution is 2.18. The van der Waals surface area contributed by atoms with E-state index in [0.717, 1.165) is 12.3 Å². The van der Waals surface area contributed by atoms with Crippen LogP contribution in [-0.2, 0) is 6.54 Å². The van der Waals surface area contributed by atoms with E-state index in [0.29, 0.717) is 6.04 Å². The number of hydrogen-bond donors (Lipinski definition) is 1. The summed E-state index contributed by atoms with van der Waals surface area (Å²) in [5.41, 5.74) is 2.52. The summed E-state index contributed by atoms with van der Waals surface area (Å²) in [6.45, 7) is 5.25. The molecule has 1 N–H and O–H groups in total. The first-order valence-corrected chi connectivity index (χ1v) is 7.46. The fourth-order valence-electron chi connectivity index (χ4n) is 1.83. The average Bonchev–Trinajstić information content (AvgIpc) is 2.34. The number of thioether (sulfide) groups is 1. The molecule has 0 radical (unpaired) electrons. The van der Waals surface area contributed by atoms with Crippen LogP contribution in [0, 0.1) is 6.92 Å². The lowest BCUT2D eigenvalue weighted by molar-refractivity contribution is 0.411. The van der Waals surface area contributed by atoms with Crippen molar-refractivity contribution in [3.05, 3.63) is 29.3 Å². The van der Waals surface area contributed by atoms with E-state index in [1.165, 1.54) is 23.3 Å². The Kier molecular flexibility index (Phi) is 6.45. The minimum atomic E-state index is 0.604. The highest BCUT2D eigenvalue weighted by molar-refractivity contribution is 7.98. The van der Waals surface area contributed by atoms with Crippen LogP contribution in [0.4, 0.5) is 0 Å². The fraction of sp³-hybridized carbons (Fsp3) is 0.571. The van der Waals surface area contributed by atoms with E-state index in [-0.39, 0.29) is 0 Å². The van der Waals surface area contributed by atoms with E-state index in [2.05, 4.69) is 37.6 Å². The van der Waals surface area contributed by atoms with Gasteiger partial charge in [-0.2, -0.15) is 11.8 Å². The van der Waals surface area contributed by atoms with Crippen molar-refractivity contribution >= 4 is 11.8 Å². The average molecular weight is 253 g/mol. The Morgan fingerprint density at radius 2 is 2.18 bits per heavy atom. The third-order valence-corrected chi connectivity index (χ3v) is 3.65. The molecular formula is C14H23NOS. The molecule has 1 atom stereocenters. The number of nitrogens with one attached hydrogen (secondary N) is 1. The molecule has 96 valence electrons. The molecule has 0 fully saturated rings. The van der Waals surface area contributed by atoms with Gasteiger partial charge in [-0.3, -0.25) is 0 Å². The molecule has 1 unspecified atom stereocenters. The zero-order valence-electron chi connectivity index (χ0n) is 11.2. The van der Waals surface area contributed by atoms with Gasteiger partial charge in [-0.05, 0) is 36.8 Å². The number of benzene rings is 1. The molecule has 0 aliphatic carbocycles. The van der Waals surface area contributed by atoms with Gasteiger partial charge < -0.3 is 10.1 Å². The van der Waals surface area contributed by atoms with E-state index in [1.807, 2.05) is 17.8 Å². The van der Waals surface area contributed by atoms with E-state index in [9.17, 15) is 0 Å². The van der Waals surface area contributed by atoms with Crippen LogP contribution in [0.3, 0.4) is 0 Å². The number of rotatable bonds is 7. The number of hydrogen-bond acceptors (Lipinski definition) is 3. The summed E-state index contributed by atoms with van der Waals surface area (Å²) in [7, 11) is 1.71. The van der Waals surface area contributed by atoms with Crippen molar-refractivity contribution in [3.63, 3.8) is 0 Å². The second-order valence-electron chi connectivity index (χ2n) is 4.25. The monoisotopic (exact) mass is 253 g/mol. The molecule has 1 aromatic rings. The lowest BCUT2D eigenvalue weighted by Crippen LogP contribution is -2.30. The van der Waals surface area contributed by atoms with E-state index >= 15 is 0 Å². The topological polar surface area (TPSA) is 21.3 Å². The van der Waals surface area contributed by atoms with Crippen molar-refractivity contribution in [2.24, 2.45) is 0 Å². The van der Waals surface area contributed by atoms with Gasteiger partial charge in [0.25, 0.3) is 0 Å². The van der Waals surface area contributed by atoms with Crippen LogP contribution in [0.15, 0.2) is 18.2 Å². The Bertz CT molecular complexity index is 341. The first-order chi connectivity index (χ1) is 8.21. The van der Waals surface area contributed by atoms with E-state index < -0.39 is 0 Å². The van der Waals surface area contributed by atoms with Crippen molar-refractivity contribution in [2.75, 3.05) is 19.1 Å². The molecule has 0 saturated heterocycles. The summed E-state index contributed by atoms with van der Waals surface area (Å²) in [4.78, 5) is 0. The molecule has 3 heteroatoms. The minimum Gasteiger partial charge on any atom is -0.496 e. The van der Waals surface area contributed by atoms with Gasteiger partial charge in [0.15, 0.2) is 0 Å². The smallest absolute Gasteiger partial charge is 0.121 e. The summed E-state index contributed by atoms with van der Waals surface area (Å²) in [5, 5.41) is 3.59. The van der Waals surface area contributed by atoms with Gasteiger partial charge in [-0.25, -0.2) is 0 Å². The predicted octanol–water partition coefficient (Wildman–Crippen LogP) is 3.23. The number of aryl methyl sites for hydroxylation is 1. The Morgan fingerprint density at radius 1 is 1.41 bits per heavy atom. The number of ether oxygens (including phenoxy) is 1. The lowest BCUT2D eigenvalue weighted by Gasteiger charge is -2.16. The van der Waals surface area contributed by atoms with Gasteiger partial charge in [0.05, 0.1) is 7.11 Å².